The van der Waals surface area contributed by atoms with Crippen LogP contribution < -0.4 is 0 Å². The number of ether oxygens (including phenoxy) is 2. The molecule has 0 aromatic carbocycles. The molecule has 1 fully saturated rings. The molecular formula is C19H20BrN5O3. The zero-order chi connectivity index (χ0) is 19.9. The van der Waals surface area contributed by atoms with E-state index in [0.29, 0.717) is 35.6 Å². The highest BCUT2D eigenvalue weighted by molar-refractivity contribution is 9.10. The van der Waals surface area contributed by atoms with Crippen LogP contribution in [0.2, 0.25) is 0 Å². The Bertz CT molecular complexity index is 993. The minimum atomic E-state index is -0.306. The number of fused-ring (bicyclic) bond motifs is 2. The van der Waals surface area contributed by atoms with Crippen molar-refractivity contribution in [2.45, 2.75) is 26.1 Å². The van der Waals surface area contributed by atoms with E-state index in [1.54, 1.807) is 21.6 Å². The molecule has 4 rings (SSSR count). The average molecular weight is 446 g/mol. The normalized spacial score (nSPS) is 26.5. The molecule has 1 amide bonds. The summed E-state index contributed by atoms with van der Waals surface area (Å²) in [6.07, 6.45) is 1.48. The van der Waals surface area contributed by atoms with Crippen molar-refractivity contribution >= 4 is 27.5 Å². The first-order chi connectivity index (χ1) is 13.4. The highest BCUT2D eigenvalue weighted by Gasteiger charge is 2.51. The van der Waals surface area contributed by atoms with E-state index in [2.05, 4.69) is 45.9 Å². The second kappa shape index (κ2) is 7.28. The van der Waals surface area contributed by atoms with Crippen LogP contribution in [0.4, 0.5) is 0 Å². The third-order valence-corrected chi connectivity index (χ3v) is 5.60. The molecule has 1 saturated heterocycles. The number of amides is 1. The maximum Gasteiger partial charge on any atom is 0.293 e. The predicted molar refractivity (Wildman–Crippen MR) is 104 cm³/mol. The molecule has 2 aromatic rings. The fourth-order valence-corrected chi connectivity index (χ4v) is 3.76. The maximum atomic E-state index is 13.0. The standard InChI is InChI=1S/C19H20BrN5O3/c1-19(2)11-27-9-8-24(7-6-12(10-21)15-16(19)28-15)18(26)17-22-14-5-3-4-13(20)25(14)23-17/h3-6,15-16H,7-9,11H2,1-2H3/b12-6-. The number of rotatable bonds is 1. The Kier molecular flexibility index (Phi) is 4.95. The number of epoxide rings is 1. The molecule has 2 unspecified atom stereocenters. The molecule has 146 valence electrons. The predicted octanol–water partition coefficient (Wildman–Crippen LogP) is 2.21. The van der Waals surface area contributed by atoms with Gasteiger partial charge >= 0.3 is 0 Å². The van der Waals surface area contributed by atoms with Gasteiger partial charge in [-0.3, -0.25) is 4.79 Å². The van der Waals surface area contributed by atoms with Crippen LogP contribution in [0, 0.1) is 16.7 Å². The summed E-state index contributed by atoms with van der Waals surface area (Å²) in [6, 6.07) is 7.65. The number of hydrogen-bond donors (Lipinski definition) is 0. The van der Waals surface area contributed by atoms with Gasteiger partial charge < -0.3 is 14.4 Å². The van der Waals surface area contributed by atoms with E-state index in [1.807, 2.05) is 12.1 Å². The summed E-state index contributed by atoms with van der Waals surface area (Å²) in [5, 5.41) is 13.8. The van der Waals surface area contributed by atoms with Crippen LogP contribution in [-0.2, 0) is 9.47 Å². The van der Waals surface area contributed by atoms with E-state index in [-0.39, 0.29) is 35.9 Å². The summed E-state index contributed by atoms with van der Waals surface area (Å²) in [7, 11) is 0. The maximum absolute atomic E-state index is 13.0. The smallest absolute Gasteiger partial charge is 0.293 e. The summed E-state index contributed by atoms with van der Waals surface area (Å²) >= 11 is 3.40. The van der Waals surface area contributed by atoms with Crippen molar-refractivity contribution < 1.29 is 14.3 Å². The Morgan fingerprint density at radius 3 is 3.00 bits per heavy atom. The first kappa shape index (κ1) is 19.1. The molecule has 2 aliphatic rings. The highest BCUT2D eigenvalue weighted by Crippen LogP contribution is 2.42. The molecule has 0 spiro atoms. The second-order valence-electron chi connectivity index (χ2n) is 7.59. The largest absolute Gasteiger partial charge is 0.379 e. The van der Waals surface area contributed by atoms with Gasteiger partial charge in [0.15, 0.2) is 5.65 Å². The number of nitriles is 1. The summed E-state index contributed by atoms with van der Waals surface area (Å²) in [5.74, 6) is -0.200. The third-order valence-electron chi connectivity index (χ3n) is 5.00. The number of nitrogens with zero attached hydrogens (tertiary/aromatic N) is 5. The van der Waals surface area contributed by atoms with E-state index in [4.69, 9.17) is 9.47 Å². The van der Waals surface area contributed by atoms with Gasteiger partial charge in [0.25, 0.3) is 5.91 Å². The Hall–Kier alpha value is -2.28. The number of aromatic nitrogens is 3. The number of halogens is 1. The Morgan fingerprint density at radius 2 is 2.25 bits per heavy atom. The van der Waals surface area contributed by atoms with Gasteiger partial charge in [-0.05, 0) is 34.1 Å². The van der Waals surface area contributed by atoms with Gasteiger partial charge in [0.2, 0.25) is 5.82 Å². The molecule has 0 bridgehead atoms. The molecule has 0 saturated carbocycles. The molecule has 2 aromatic heterocycles. The van der Waals surface area contributed by atoms with E-state index >= 15 is 0 Å². The van der Waals surface area contributed by atoms with Crippen molar-refractivity contribution in [2.24, 2.45) is 5.41 Å². The van der Waals surface area contributed by atoms with Crippen LogP contribution >= 0.6 is 15.9 Å². The lowest BCUT2D eigenvalue weighted by Crippen LogP contribution is -2.36. The van der Waals surface area contributed by atoms with Crippen molar-refractivity contribution in [2.75, 3.05) is 26.3 Å². The molecule has 0 radical (unpaired) electrons. The quantitative estimate of drug-likeness (QED) is 0.493. The van der Waals surface area contributed by atoms with Crippen molar-refractivity contribution in [1.82, 2.24) is 19.5 Å². The van der Waals surface area contributed by atoms with Crippen molar-refractivity contribution in [3.8, 4) is 6.07 Å². The third kappa shape index (κ3) is 3.55. The molecule has 28 heavy (non-hydrogen) atoms. The lowest BCUT2D eigenvalue weighted by Gasteiger charge is -2.23. The summed E-state index contributed by atoms with van der Waals surface area (Å²) in [6.45, 7) is 5.66. The van der Waals surface area contributed by atoms with Gasteiger partial charge in [-0.15, -0.1) is 5.10 Å². The lowest BCUT2D eigenvalue weighted by molar-refractivity contribution is 0.0331. The van der Waals surface area contributed by atoms with Gasteiger partial charge in [0.1, 0.15) is 10.7 Å². The fourth-order valence-electron chi connectivity index (χ4n) is 3.35. The molecule has 4 heterocycles. The molecule has 0 aliphatic carbocycles. The first-order valence-electron chi connectivity index (χ1n) is 9.04. The van der Waals surface area contributed by atoms with E-state index in [1.165, 1.54) is 0 Å². The van der Waals surface area contributed by atoms with Crippen molar-refractivity contribution in [1.29, 1.82) is 5.26 Å². The zero-order valence-electron chi connectivity index (χ0n) is 15.6. The van der Waals surface area contributed by atoms with Crippen LogP contribution in [0.3, 0.4) is 0 Å². The second-order valence-corrected chi connectivity index (χ2v) is 8.41. The van der Waals surface area contributed by atoms with Gasteiger partial charge in [-0.1, -0.05) is 19.9 Å². The van der Waals surface area contributed by atoms with Crippen LogP contribution in [-0.4, -0.2) is 63.9 Å². The molecule has 8 nitrogen and oxygen atoms in total. The number of carbonyl (C=O) groups excluding carboxylic acids is 1. The average Bonchev–Trinajstić information content (AvgIpc) is 3.35. The fraction of sp³-hybridized carbons (Fsp3) is 0.474. The van der Waals surface area contributed by atoms with Crippen LogP contribution in [0.5, 0.6) is 0 Å². The highest BCUT2D eigenvalue weighted by atomic mass is 79.9. The first-order valence-corrected chi connectivity index (χ1v) is 9.84. The summed E-state index contributed by atoms with van der Waals surface area (Å²) < 4.78 is 13.8. The Labute approximate surface area is 170 Å². The lowest BCUT2D eigenvalue weighted by atomic mass is 9.87. The molecule has 2 aliphatic heterocycles. The minimum absolute atomic E-state index is 0.0434. The minimum Gasteiger partial charge on any atom is -0.379 e. The van der Waals surface area contributed by atoms with Gasteiger partial charge in [0.05, 0.1) is 31.0 Å². The Balaban J connectivity index is 1.60. The van der Waals surface area contributed by atoms with Gasteiger partial charge in [-0.2, -0.15) is 5.26 Å². The number of pyridine rings is 1. The van der Waals surface area contributed by atoms with E-state index in [0.717, 1.165) is 0 Å². The van der Waals surface area contributed by atoms with Gasteiger partial charge in [-0.25, -0.2) is 9.50 Å². The van der Waals surface area contributed by atoms with Gasteiger partial charge in [0, 0.05) is 18.5 Å². The molecule has 9 heteroatoms. The summed E-state index contributed by atoms with van der Waals surface area (Å²) in [4.78, 5) is 18.9. The Morgan fingerprint density at radius 1 is 1.43 bits per heavy atom. The monoisotopic (exact) mass is 445 g/mol. The number of hydrogen-bond acceptors (Lipinski definition) is 6. The van der Waals surface area contributed by atoms with Crippen LogP contribution in [0.25, 0.3) is 5.65 Å². The van der Waals surface area contributed by atoms with Crippen molar-refractivity contribution in [3.63, 3.8) is 0 Å². The number of carbonyl (C=O) groups is 1. The van der Waals surface area contributed by atoms with Crippen LogP contribution in [0.1, 0.15) is 24.5 Å². The zero-order valence-corrected chi connectivity index (χ0v) is 17.2. The van der Waals surface area contributed by atoms with Crippen LogP contribution in [0.15, 0.2) is 34.5 Å². The van der Waals surface area contributed by atoms with E-state index in [9.17, 15) is 10.1 Å². The topological polar surface area (TPSA) is 96.1 Å². The molecule has 2 atom stereocenters. The van der Waals surface area contributed by atoms with Crippen molar-refractivity contribution in [3.05, 3.63) is 40.3 Å². The molecule has 0 N–H and O–H groups in total. The summed E-state index contributed by atoms with van der Waals surface area (Å²) in [5.41, 5.74) is 0.925. The molecular weight excluding hydrogens is 426 g/mol. The van der Waals surface area contributed by atoms with E-state index < -0.39 is 0 Å². The SMILES string of the molecule is CC1(C)COCCN(C(=O)c2nc3cccc(Br)n3n2)C/C=C(/C#N)C2OC21.